The molecule has 0 aliphatic heterocycles. The summed E-state index contributed by atoms with van der Waals surface area (Å²) in [7, 11) is -3.81. The number of ether oxygens (including phenoxy) is 2. The Bertz CT molecular complexity index is 2050. The van der Waals surface area contributed by atoms with Crippen LogP contribution >= 0.6 is 11.6 Å². The Balaban J connectivity index is 1.14. The van der Waals surface area contributed by atoms with E-state index in [-0.39, 0.29) is 86.4 Å². The highest BCUT2D eigenvalue weighted by Crippen LogP contribution is 2.76. The maximum absolute atomic E-state index is 14.5. The number of benzene rings is 1. The number of halogens is 1. The van der Waals surface area contributed by atoms with Crippen LogP contribution in [0, 0.1) is 62.1 Å². The van der Waals surface area contributed by atoms with Crippen LogP contribution in [0.15, 0.2) is 40.3 Å². The number of esters is 1. The molecule has 11 heteroatoms. The molecule has 0 saturated heterocycles. The van der Waals surface area contributed by atoms with E-state index in [1.54, 1.807) is 26.0 Å². The molecule has 6 aliphatic rings. The normalized spacial score (nSPS) is 38.6. The zero-order chi connectivity index (χ0) is 43.5. The van der Waals surface area contributed by atoms with E-state index in [1.807, 2.05) is 13.8 Å². The summed E-state index contributed by atoms with van der Waals surface area (Å²) in [6, 6.07) is 6.04. The molecule has 7 rings (SSSR count). The van der Waals surface area contributed by atoms with Crippen molar-refractivity contribution in [3.63, 3.8) is 0 Å². The third-order valence-electron chi connectivity index (χ3n) is 18.0. The largest absolute Gasteiger partial charge is 0.464 e. The van der Waals surface area contributed by atoms with Gasteiger partial charge in [0.25, 0.3) is 6.47 Å². The third kappa shape index (κ3) is 6.68. The zero-order valence-corrected chi connectivity index (χ0v) is 38.8. The number of carbonyl (C=O) groups excluding carboxylic acids is 4. The molecule has 326 valence electrons. The quantitative estimate of drug-likeness (QED) is 0.182. The van der Waals surface area contributed by atoms with Crippen LogP contribution in [0.25, 0.3) is 0 Å². The number of carbonyl (C=O) groups is 4. The molecule has 59 heavy (non-hydrogen) atoms. The first kappa shape index (κ1) is 44.3. The van der Waals surface area contributed by atoms with E-state index < -0.39 is 26.2 Å². The van der Waals surface area contributed by atoms with Gasteiger partial charge in [0.2, 0.25) is 5.91 Å². The number of amides is 1. The van der Waals surface area contributed by atoms with Crippen LogP contribution in [0.4, 0.5) is 0 Å². The average molecular weight is 855 g/mol. The molecule has 9 nitrogen and oxygen atoms in total. The maximum atomic E-state index is 14.5. The molecule has 1 aromatic rings. The van der Waals surface area contributed by atoms with E-state index in [0.29, 0.717) is 36.2 Å². The molecule has 6 aliphatic carbocycles. The summed E-state index contributed by atoms with van der Waals surface area (Å²) in [5.74, 6) is -0.234. The first-order valence-corrected chi connectivity index (χ1v) is 24.1. The lowest BCUT2D eigenvalue weighted by Crippen LogP contribution is -2.67. The number of ketones is 1. The Morgan fingerprint density at radius 3 is 2.15 bits per heavy atom. The SMILES string of the molecule is CC(C)C1=C2[C@H]3CC[C@@H]4[C@@]5(C)CC[C@H](OC(=O)[C@H]6C[C@@H](OC=O)C6(C)C)C(C)(C)[C@@H]5CC[C@@]4(C)[C@]3(C)CC[C@@]2(NC(=O)C(C)(C)CS(=O)(=O)c2ccc(Cl)cc2)CC1=O. The molecule has 0 spiro atoms. The number of allylic oxidation sites excluding steroid dienone is 1. The van der Waals surface area contributed by atoms with Gasteiger partial charge in [0.15, 0.2) is 15.6 Å². The van der Waals surface area contributed by atoms with Crippen molar-refractivity contribution in [2.24, 2.45) is 62.1 Å². The molecule has 0 bridgehead atoms. The highest BCUT2D eigenvalue weighted by molar-refractivity contribution is 7.91. The van der Waals surface area contributed by atoms with Crippen molar-refractivity contribution >= 4 is 45.6 Å². The molecule has 0 unspecified atom stereocenters. The Morgan fingerprint density at radius 1 is 0.881 bits per heavy atom. The summed E-state index contributed by atoms with van der Waals surface area (Å²) in [4.78, 5) is 53.5. The van der Waals surface area contributed by atoms with Crippen LogP contribution < -0.4 is 5.32 Å². The molecule has 5 fully saturated rings. The van der Waals surface area contributed by atoms with Gasteiger partial charge in [0, 0.05) is 22.3 Å². The molecule has 0 heterocycles. The standard InChI is InChI=1S/C48H68ClNO8S/c1-28(2)38-33(52)25-48(50-41(54)42(3,4)26-59(55,56)30-14-12-29(49)13-15-30)23-22-46(10)31(39(38)48)16-17-35-45(9)20-19-36(44(7,8)34(45)18-21-47(35,46)11)58-40(53)32-24-37(57-27-51)43(32,5)6/h12-15,27-28,31-32,34-37H,16-26H2,1-11H3,(H,50,54)/t31-,32-,34+,35-,36+,37-,45+,46-,47-,48-/m1/s1. The predicted octanol–water partition coefficient (Wildman–Crippen LogP) is 9.49. The highest BCUT2D eigenvalue weighted by Gasteiger charge is 2.70. The van der Waals surface area contributed by atoms with Crippen LogP contribution in [0.2, 0.25) is 5.02 Å². The summed E-state index contributed by atoms with van der Waals surface area (Å²) in [6.45, 7) is 24.1. The molecule has 10 atom stereocenters. The molecule has 1 aromatic carbocycles. The van der Waals surface area contributed by atoms with Crippen LogP contribution in [0.3, 0.4) is 0 Å². The number of sulfone groups is 1. The zero-order valence-electron chi connectivity index (χ0n) is 37.3. The summed E-state index contributed by atoms with van der Waals surface area (Å²) < 4.78 is 38.9. The summed E-state index contributed by atoms with van der Waals surface area (Å²) in [6.07, 6.45) is 7.47. The second-order valence-electron chi connectivity index (χ2n) is 22.4. The summed E-state index contributed by atoms with van der Waals surface area (Å²) >= 11 is 6.04. The van der Waals surface area contributed by atoms with Crippen molar-refractivity contribution < 1.29 is 37.1 Å². The maximum Gasteiger partial charge on any atom is 0.310 e. The summed E-state index contributed by atoms with van der Waals surface area (Å²) in [5, 5.41) is 3.85. The number of hydrogen-bond acceptors (Lipinski definition) is 8. The molecule has 1 amide bonds. The fourth-order valence-electron chi connectivity index (χ4n) is 14.4. The molecule has 1 N–H and O–H groups in total. The van der Waals surface area contributed by atoms with Crippen LogP contribution in [0.1, 0.15) is 140 Å². The van der Waals surface area contributed by atoms with E-state index in [4.69, 9.17) is 21.1 Å². The Labute approximate surface area is 357 Å². The van der Waals surface area contributed by atoms with Gasteiger partial charge in [-0.2, -0.15) is 0 Å². The van der Waals surface area contributed by atoms with Crippen molar-refractivity contribution in [3.05, 3.63) is 40.4 Å². The minimum atomic E-state index is -3.81. The van der Waals surface area contributed by atoms with Gasteiger partial charge in [-0.25, -0.2) is 8.42 Å². The van der Waals surface area contributed by atoms with Gasteiger partial charge in [-0.05, 0) is 133 Å². The fourth-order valence-corrected chi connectivity index (χ4v) is 16.3. The molecular formula is C48H68ClNO8S. The Kier molecular flexibility index (Phi) is 10.8. The van der Waals surface area contributed by atoms with Gasteiger partial charge in [0.05, 0.1) is 27.5 Å². The summed E-state index contributed by atoms with van der Waals surface area (Å²) in [5.41, 5.74) is -0.981. The van der Waals surface area contributed by atoms with Gasteiger partial charge in [-0.3, -0.25) is 19.2 Å². The number of nitrogens with one attached hydrogen (secondary N) is 1. The first-order valence-electron chi connectivity index (χ1n) is 22.1. The molecule has 0 aromatic heterocycles. The van der Waals surface area contributed by atoms with E-state index in [2.05, 4.69) is 53.8 Å². The van der Waals surface area contributed by atoms with Crippen LogP contribution in [0.5, 0.6) is 0 Å². The smallest absolute Gasteiger partial charge is 0.310 e. The first-order chi connectivity index (χ1) is 27.2. The lowest BCUT2D eigenvalue weighted by atomic mass is 9.33. The number of rotatable bonds is 10. The van der Waals surface area contributed by atoms with E-state index in [9.17, 15) is 27.6 Å². The van der Waals surface area contributed by atoms with Gasteiger partial charge >= 0.3 is 5.97 Å². The lowest BCUT2D eigenvalue weighted by molar-refractivity contribution is -0.236. The Morgan fingerprint density at radius 2 is 1.54 bits per heavy atom. The van der Waals surface area contributed by atoms with Crippen molar-refractivity contribution in [1.82, 2.24) is 5.32 Å². The Hall–Kier alpha value is -2.72. The highest BCUT2D eigenvalue weighted by atomic mass is 35.5. The second-order valence-corrected chi connectivity index (χ2v) is 24.9. The number of Topliss-reactive ketones (excluding diaryl/α,β-unsaturated/α-hetero) is 1. The topological polar surface area (TPSA) is 133 Å². The van der Waals surface area contributed by atoms with Crippen LogP contribution in [-0.2, 0) is 38.5 Å². The minimum absolute atomic E-state index is 0.0107. The fraction of sp³-hybridized carbons (Fsp3) is 0.750. The molecule has 0 radical (unpaired) electrons. The van der Waals surface area contributed by atoms with Crippen molar-refractivity contribution in [1.29, 1.82) is 0 Å². The van der Waals surface area contributed by atoms with Crippen LogP contribution in [-0.4, -0.2) is 56.0 Å². The second kappa shape index (κ2) is 14.4. The monoisotopic (exact) mass is 853 g/mol. The minimum Gasteiger partial charge on any atom is -0.464 e. The van der Waals surface area contributed by atoms with Gasteiger partial charge in [0.1, 0.15) is 12.2 Å². The van der Waals surface area contributed by atoms with Gasteiger partial charge in [-0.1, -0.05) is 87.8 Å². The number of hydrogen-bond donors (Lipinski definition) is 1. The number of fused-ring (bicyclic) bond motifs is 7. The van der Waals surface area contributed by atoms with Crippen molar-refractivity contribution in [2.75, 3.05) is 5.75 Å². The predicted molar refractivity (Wildman–Crippen MR) is 228 cm³/mol. The van der Waals surface area contributed by atoms with E-state index in [1.165, 1.54) is 12.1 Å². The third-order valence-corrected chi connectivity index (χ3v) is 20.3. The van der Waals surface area contributed by atoms with Crippen molar-refractivity contribution in [2.45, 2.75) is 163 Å². The van der Waals surface area contributed by atoms with Crippen molar-refractivity contribution in [3.8, 4) is 0 Å². The van der Waals surface area contributed by atoms with E-state index >= 15 is 0 Å². The average Bonchev–Trinajstić information content (AvgIpc) is 3.42. The van der Waals surface area contributed by atoms with Gasteiger partial charge in [-0.15, -0.1) is 0 Å². The molecule has 5 saturated carbocycles. The molecular weight excluding hydrogens is 786 g/mol. The van der Waals surface area contributed by atoms with E-state index in [0.717, 1.165) is 56.1 Å². The lowest BCUT2D eigenvalue weighted by Gasteiger charge is -2.72. The van der Waals surface area contributed by atoms with Gasteiger partial charge < -0.3 is 14.8 Å².